The molecule has 0 radical (unpaired) electrons. The fraction of sp³-hybridized carbons (Fsp3) is 0.182. The summed E-state index contributed by atoms with van der Waals surface area (Å²) in [5.74, 6) is 0.697. The normalized spacial score (nSPS) is 10.6. The minimum absolute atomic E-state index is 0.0278. The zero-order chi connectivity index (χ0) is 11.0. The van der Waals surface area contributed by atoms with Gasteiger partial charge in [0.1, 0.15) is 5.76 Å². The Bertz CT molecular complexity index is 491. The molecule has 2 aromatic heterocycles. The zero-order valence-electron chi connectivity index (χ0n) is 8.33. The molecular weight excluding hydrogens is 276 g/mol. The Morgan fingerprint density at radius 3 is 2.67 bits per heavy atom. The molecule has 2 nitrogen and oxygen atoms in total. The van der Waals surface area contributed by atoms with Gasteiger partial charge in [0.25, 0.3) is 0 Å². The van der Waals surface area contributed by atoms with Crippen molar-refractivity contribution in [2.24, 2.45) is 0 Å². The molecule has 0 aliphatic rings. The van der Waals surface area contributed by atoms with Crippen molar-refractivity contribution in [3.63, 3.8) is 0 Å². The topological polar surface area (TPSA) is 30.2 Å². The van der Waals surface area contributed by atoms with Gasteiger partial charge in [-0.1, -0.05) is 0 Å². The molecule has 15 heavy (non-hydrogen) atoms. The van der Waals surface area contributed by atoms with Crippen molar-refractivity contribution >= 4 is 33.0 Å². The SMILES string of the molecule is Cc1occc1C(=O)c1cc(Br)c(C)s1. The van der Waals surface area contributed by atoms with E-state index in [1.165, 1.54) is 17.6 Å². The van der Waals surface area contributed by atoms with Gasteiger partial charge in [-0.2, -0.15) is 0 Å². The number of ketones is 1. The Kier molecular flexibility index (Phi) is 2.80. The van der Waals surface area contributed by atoms with E-state index >= 15 is 0 Å². The highest BCUT2D eigenvalue weighted by atomic mass is 79.9. The molecule has 2 heterocycles. The molecule has 0 atom stereocenters. The molecule has 0 aromatic carbocycles. The number of hydrogen-bond donors (Lipinski definition) is 0. The first-order chi connectivity index (χ1) is 7.09. The Balaban J connectivity index is 2.41. The number of aryl methyl sites for hydroxylation is 2. The van der Waals surface area contributed by atoms with Crippen LogP contribution in [0.25, 0.3) is 0 Å². The van der Waals surface area contributed by atoms with Crippen molar-refractivity contribution in [1.82, 2.24) is 0 Å². The molecule has 0 fully saturated rings. The number of rotatable bonds is 2. The second kappa shape index (κ2) is 3.94. The van der Waals surface area contributed by atoms with Crippen molar-refractivity contribution in [3.05, 3.63) is 43.9 Å². The molecule has 0 saturated heterocycles. The van der Waals surface area contributed by atoms with Gasteiger partial charge in [-0.05, 0) is 41.9 Å². The van der Waals surface area contributed by atoms with E-state index in [0.717, 1.165) is 14.2 Å². The monoisotopic (exact) mass is 284 g/mol. The molecule has 0 bridgehead atoms. The van der Waals surface area contributed by atoms with E-state index < -0.39 is 0 Å². The maximum Gasteiger partial charge on any atom is 0.206 e. The second-order valence-electron chi connectivity index (χ2n) is 3.23. The molecule has 0 unspecified atom stereocenters. The first-order valence-corrected chi connectivity index (χ1v) is 6.05. The summed E-state index contributed by atoms with van der Waals surface area (Å²) in [6.07, 6.45) is 1.54. The third kappa shape index (κ3) is 1.92. The van der Waals surface area contributed by atoms with Gasteiger partial charge in [0, 0.05) is 9.35 Å². The van der Waals surface area contributed by atoms with Crippen molar-refractivity contribution in [2.75, 3.05) is 0 Å². The second-order valence-corrected chi connectivity index (χ2v) is 5.35. The molecule has 0 aliphatic carbocycles. The minimum atomic E-state index is 0.0278. The Labute approximate surface area is 100 Å². The van der Waals surface area contributed by atoms with E-state index in [1.807, 2.05) is 13.0 Å². The van der Waals surface area contributed by atoms with Gasteiger partial charge in [0.05, 0.1) is 16.7 Å². The predicted molar refractivity (Wildman–Crippen MR) is 63.6 cm³/mol. The van der Waals surface area contributed by atoms with Crippen LogP contribution in [-0.4, -0.2) is 5.78 Å². The first kappa shape index (κ1) is 10.6. The van der Waals surface area contributed by atoms with Gasteiger partial charge in [-0.3, -0.25) is 4.79 Å². The summed E-state index contributed by atoms with van der Waals surface area (Å²) in [4.78, 5) is 13.9. The summed E-state index contributed by atoms with van der Waals surface area (Å²) in [6, 6.07) is 3.56. The van der Waals surface area contributed by atoms with Gasteiger partial charge in [0.2, 0.25) is 5.78 Å². The molecule has 0 aliphatic heterocycles. The van der Waals surface area contributed by atoms with E-state index in [4.69, 9.17) is 4.42 Å². The predicted octanol–water partition coefficient (Wildman–Crippen LogP) is 3.95. The van der Waals surface area contributed by atoms with E-state index in [-0.39, 0.29) is 5.78 Å². The van der Waals surface area contributed by atoms with Gasteiger partial charge in [-0.15, -0.1) is 11.3 Å². The Morgan fingerprint density at radius 2 is 2.20 bits per heavy atom. The smallest absolute Gasteiger partial charge is 0.206 e. The lowest BCUT2D eigenvalue weighted by Gasteiger charge is -1.93. The van der Waals surface area contributed by atoms with Crippen molar-refractivity contribution < 1.29 is 9.21 Å². The lowest BCUT2D eigenvalue weighted by Crippen LogP contribution is -1.98. The standard InChI is InChI=1S/C11H9BrO2S/c1-6-8(3-4-14-6)11(13)10-5-9(12)7(2)15-10/h3-5H,1-2H3. The van der Waals surface area contributed by atoms with Crippen molar-refractivity contribution in [1.29, 1.82) is 0 Å². The third-order valence-electron chi connectivity index (χ3n) is 2.18. The summed E-state index contributed by atoms with van der Waals surface area (Å²) >= 11 is 4.89. The maximum atomic E-state index is 12.0. The van der Waals surface area contributed by atoms with Crippen LogP contribution >= 0.6 is 27.3 Å². The fourth-order valence-corrected chi connectivity index (χ4v) is 2.81. The molecule has 78 valence electrons. The van der Waals surface area contributed by atoms with Crippen LogP contribution in [0.5, 0.6) is 0 Å². The van der Waals surface area contributed by atoms with E-state index in [9.17, 15) is 4.79 Å². The highest BCUT2D eigenvalue weighted by Gasteiger charge is 2.16. The molecule has 2 aromatic rings. The van der Waals surface area contributed by atoms with E-state index in [1.54, 1.807) is 13.0 Å². The van der Waals surface area contributed by atoms with Crippen LogP contribution in [0.2, 0.25) is 0 Å². The van der Waals surface area contributed by atoms with Crippen molar-refractivity contribution in [2.45, 2.75) is 13.8 Å². The van der Waals surface area contributed by atoms with E-state index in [2.05, 4.69) is 15.9 Å². The number of carbonyl (C=O) groups is 1. The molecule has 0 amide bonds. The number of carbonyl (C=O) groups excluding carboxylic acids is 1. The summed E-state index contributed by atoms with van der Waals surface area (Å²) < 4.78 is 6.10. The molecular formula is C11H9BrO2S. The fourth-order valence-electron chi connectivity index (χ4n) is 1.33. The first-order valence-electron chi connectivity index (χ1n) is 4.44. The average molecular weight is 285 g/mol. The Morgan fingerprint density at radius 1 is 1.47 bits per heavy atom. The van der Waals surface area contributed by atoms with Gasteiger partial charge in [0.15, 0.2) is 0 Å². The average Bonchev–Trinajstić information content (AvgIpc) is 2.74. The molecule has 0 spiro atoms. The number of hydrogen-bond acceptors (Lipinski definition) is 3. The van der Waals surface area contributed by atoms with Gasteiger partial charge >= 0.3 is 0 Å². The van der Waals surface area contributed by atoms with Gasteiger partial charge < -0.3 is 4.42 Å². The third-order valence-corrected chi connectivity index (χ3v) is 4.32. The lowest BCUT2D eigenvalue weighted by atomic mass is 10.1. The van der Waals surface area contributed by atoms with Crippen LogP contribution < -0.4 is 0 Å². The minimum Gasteiger partial charge on any atom is -0.469 e. The molecule has 0 saturated carbocycles. The number of thiophene rings is 1. The summed E-state index contributed by atoms with van der Waals surface area (Å²) in [5, 5.41) is 0. The van der Waals surface area contributed by atoms with Crippen LogP contribution in [0.15, 0.2) is 27.3 Å². The summed E-state index contributed by atoms with van der Waals surface area (Å²) in [5.41, 5.74) is 0.642. The van der Waals surface area contributed by atoms with Crippen LogP contribution in [-0.2, 0) is 0 Å². The molecule has 0 N–H and O–H groups in total. The van der Waals surface area contributed by atoms with Crippen LogP contribution in [0, 0.1) is 13.8 Å². The lowest BCUT2D eigenvalue weighted by molar-refractivity contribution is 0.104. The van der Waals surface area contributed by atoms with Crippen LogP contribution in [0.4, 0.5) is 0 Å². The largest absolute Gasteiger partial charge is 0.469 e. The van der Waals surface area contributed by atoms with Crippen molar-refractivity contribution in [3.8, 4) is 0 Å². The molecule has 4 heteroatoms. The maximum absolute atomic E-state index is 12.0. The Hall–Kier alpha value is -0.870. The quantitative estimate of drug-likeness (QED) is 0.782. The van der Waals surface area contributed by atoms with Crippen LogP contribution in [0.1, 0.15) is 25.9 Å². The highest BCUT2D eigenvalue weighted by molar-refractivity contribution is 9.10. The highest BCUT2D eigenvalue weighted by Crippen LogP contribution is 2.28. The number of furan rings is 1. The van der Waals surface area contributed by atoms with E-state index in [0.29, 0.717) is 11.3 Å². The zero-order valence-corrected chi connectivity index (χ0v) is 10.7. The summed E-state index contributed by atoms with van der Waals surface area (Å²) in [6.45, 7) is 3.77. The molecule has 2 rings (SSSR count). The van der Waals surface area contributed by atoms with Crippen LogP contribution in [0.3, 0.4) is 0 Å². The number of halogens is 1. The summed E-state index contributed by atoms with van der Waals surface area (Å²) in [7, 11) is 0. The van der Waals surface area contributed by atoms with Gasteiger partial charge in [-0.25, -0.2) is 0 Å².